The van der Waals surface area contributed by atoms with Crippen LogP contribution in [0.2, 0.25) is 0 Å². The molecule has 0 aliphatic carbocycles. The molecule has 2 amide bonds. The SMILES string of the molecule is CC1Sc2ccc(C(=O)NC3CCNC3)cc2NC1=O.Cl. The average Bonchev–Trinajstić information content (AvgIpc) is 2.92. The largest absolute Gasteiger partial charge is 0.348 e. The van der Waals surface area contributed by atoms with Gasteiger partial charge >= 0.3 is 0 Å². The van der Waals surface area contributed by atoms with Gasteiger partial charge in [0.2, 0.25) is 5.91 Å². The van der Waals surface area contributed by atoms with Crippen LogP contribution in [-0.4, -0.2) is 36.2 Å². The van der Waals surface area contributed by atoms with Crippen LogP contribution in [0.25, 0.3) is 0 Å². The van der Waals surface area contributed by atoms with E-state index in [1.807, 2.05) is 19.1 Å². The summed E-state index contributed by atoms with van der Waals surface area (Å²) < 4.78 is 0. The summed E-state index contributed by atoms with van der Waals surface area (Å²) >= 11 is 1.52. The highest BCUT2D eigenvalue weighted by Gasteiger charge is 2.24. The van der Waals surface area contributed by atoms with Crippen molar-refractivity contribution in [3.63, 3.8) is 0 Å². The molecule has 0 radical (unpaired) electrons. The normalized spacial score (nSPS) is 23.8. The number of fused-ring (bicyclic) bond motifs is 1. The summed E-state index contributed by atoms with van der Waals surface area (Å²) in [6, 6.07) is 5.66. The Hall–Kier alpha value is -1.24. The number of benzene rings is 1. The molecule has 0 saturated carbocycles. The number of halogens is 1. The number of rotatable bonds is 2. The Morgan fingerprint density at radius 3 is 2.95 bits per heavy atom. The van der Waals surface area contributed by atoms with Gasteiger partial charge in [-0.15, -0.1) is 24.2 Å². The van der Waals surface area contributed by atoms with E-state index in [1.54, 1.807) is 6.07 Å². The standard InChI is InChI=1S/C14H17N3O2S.ClH/c1-8-13(18)17-11-6-9(2-3-12(11)20-8)14(19)16-10-4-5-15-7-10;/h2-3,6,8,10,15H,4-5,7H2,1H3,(H,16,19)(H,17,18);1H. The fourth-order valence-electron chi connectivity index (χ4n) is 2.40. The minimum atomic E-state index is -0.0910. The summed E-state index contributed by atoms with van der Waals surface area (Å²) in [6.07, 6.45) is 0.959. The van der Waals surface area contributed by atoms with Gasteiger partial charge in [0.15, 0.2) is 0 Å². The third kappa shape index (κ3) is 3.51. The summed E-state index contributed by atoms with van der Waals surface area (Å²) in [6.45, 7) is 3.64. The Morgan fingerprint density at radius 2 is 2.24 bits per heavy atom. The first kappa shape index (κ1) is 16.1. The molecule has 7 heteroatoms. The van der Waals surface area contributed by atoms with E-state index in [0.29, 0.717) is 5.56 Å². The van der Waals surface area contributed by atoms with E-state index in [0.717, 1.165) is 30.1 Å². The lowest BCUT2D eigenvalue weighted by Gasteiger charge is -2.22. The van der Waals surface area contributed by atoms with Crippen LogP contribution in [0.15, 0.2) is 23.1 Å². The van der Waals surface area contributed by atoms with Crippen LogP contribution >= 0.6 is 24.2 Å². The van der Waals surface area contributed by atoms with Crippen molar-refractivity contribution in [2.24, 2.45) is 0 Å². The second-order valence-corrected chi connectivity index (χ2v) is 6.51. The zero-order valence-electron chi connectivity index (χ0n) is 11.6. The molecule has 2 atom stereocenters. The van der Waals surface area contributed by atoms with Crippen molar-refractivity contribution in [3.05, 3.63) is 23.8 Å². The van der Waals surface area contributed by atoms with Crippen LogP contribution in [-0.2, 0) is 4.79 Å². The van der Waals surface area contributed by atoms with Gasteiger partial charge in [-0.25, -0.2) is 0 Å². The molecule has 0 bridgehead atoms. The minimum Gasteiger partial charge on any atom is -0.348 e. The Kier molecular flexibility index (Phi) is 5.13. The van der Waals surface area contributed by atoms with Crippen molar-refractivity contribution < 1.29 is 9.59 Å². The van der Waals surface area contributed by atoms with E-state index in [2.05, 4.69) is 16.0 Å². The maximum absolute atomic E-state index is 12.2. The summed E-state index contributed by atoms with van der Waals surface area (Å²) in [7, 11) is 0. The lowest BCUT2D eigenvalue weighted by molar-refractivity contribution is -0.115. The number of carbonyl (C=O) groups is 2. The third-order valence-electron chi connectivity index (χ3n) is 3.57. The molecule has 1 aromatic carbocycles. The summed E-state index contributed by atoms with van der Waals surface area (Å²) in [5.41, 5.74) is 1.32. The second kappa shape index (κ2) is 6.68. The zero-order valence-corrected chi connectivity index (χ0v) is 13.3. The number of hydrogen-bond acceptors (Lipinski definition) is 4. The smallest absolute Gasteiger partial charge is 0.251 e. The van der Waals surface area contributed by atoms with Crippen LogP contribution in [0.5, 0.6) is 0 Å². The molecule has 0 spiro atoms. The molecule has 21 heavy (non-hydrogen) atoms. The van der Waals surface area contributed by atoms with E-state index in [9.17, 15) is 9.59 Å². The molecule has 2 aliphatic heterocycles. The first-order valence-electron chi connectivity index (χ1n) is 6.76. The van der Waals surface area contributed by atoms with E-state index < -0.39 is 0 Å². The molecule has 2 heterocycles. The lowest BCUT2D eigenvalue weighted by Crippen LogP contribution is -2.36. The predicted molar refractivity (Wildman–Crippen MR) is 86.4 cm³/mol. The first-order valence-corrected chi connectivity index (χ1v) is 7.64. The van der Waals surface area contributed by atoms with Gasteiger partial charge in [-0.05, 0) is 38.1 Å². The summed E-state index contributed by atoms with van der Waals surface area (Å²) in [5, 5.41) is 8.97. The lowest BCUT2D eigenvalue weighted by atomic mass is 10.1. The van der Waals surface area contributed by atoms with Crippen LogP contribution in [0, 0.1) is 0 Å². The maximum Gasteiger partial charge on any atom is 0.251 e. The molecule has 1 fully saturated rings. The number of carbonyl (C=O) groups excluding carboxylic acids is 2. The Balaban J connectivity index is 0.00000161. The monoisotopic (exact) mass is 327 g/mol. The quantitative estimate of drug-likeness (QED) is 0.772. The van der Waals surface area contributed by atoms with Crippen LogP contribution < -0.4 is 16.0 Å². The van der Waals surface area contributed by atoms with Gasteiger partial charge < -0.3 is 16.0 Å². The molecule has 2 unspecified atom stereocenters. The molecular formula is C14H18ClN3O2S. The number of nitrogens with one attached hydrogen (secondary N) is 3. The number of thioether (sulfide) groups is 1. The average molecular weight is 328 g/mol. The molecule has 3 N–H and O–H groups in total. The topological polar surface area (TPSA) is 70.2 Å². The zero-order chi connectivity index (χ0) is 14.1. The van der Waals surface area contributed by atoms with Gasteiger partial charge in [-0.3, -0.25) is 9.59 Å². The fourth-order valence-corrected chi connectivity index (χ4v) is 3.33. The molecule has 1 saturated heterocycles. The number of hydrogen-bond donors (Lipinski definition) is 3. The Morgan fingerprint density at radius 1 is 1.43 bits per heavy atom. The van der Waals surface area contributed by atoms with Gasteiger partial charge in [0.25, 0.3) is 5.91 Å². The van der Waals surface area contributed by atoms with Crippen molar-refractivity contribution >= 4 is 41.7 Å². The highest BCUT2D eigenvalue weighted by molar-refractivity contribution is 8.00. The van der Waals surface area contributed by atoms with Crippen molar-refractivity contribution in [3.8, 4) is 0 Å². The highest BCUT2D eigenvalue weighted by atomic mass is 35.5. The van der Waals surface area contributed by atoms with Crippen molar-refractivity contribution in [1.29, 1.82) is 0 Å². The number of anilines is 1. The first-order chi connectivity index (χ1) is 9.63. The third-order valence-corrected chi connectivity index (χ3v) is 4.75. The van der Waals surface area contributed by atoms with Crippen LogP contribution in [0.3, 0.4) is 0 Å². The minimum absolute atomic E-state index is 0. The maximum atomic E-state index is 12.2. The van der Waals surface area contributed by atoms with Gasteiger partial charge in [0.1, 0.15) is 0 Å². The van der Waals surface area contributed by atoms with E-state index >= 15 is 0 Å². The molecule has 2 aliphatic rings. The molecule has 1 aromatic rings. The van der Waals surface area contributed by atoms with E-state index in [1.165, 1.54) is 11.8 Å². The van der Waals surface area contributed by atoms with Crippen LogP contribution in [0.4, 0.5) is 5.69 Å². The Labute approximate surface area is 134 Å². The van der Waals surface area contributed by atoms with Crippen molar-refractivity contribution in [2.75, 3.05) is 18.4 Å². The summed E-state index contributed by atoms with van der Waals surface area (Å²) in [4.78, 5) is 24.9. The molecular weight excluding hydrogens is 310 g/mol. The Bertz CT molecular complexity index is 561. The van der Waals surface area contributed by atoms with Gasteiger partial charge in [0.05, 0.1) is 10.9 Å². The van der Waals surface area contributed by atoms with Crippen molar-refractivity contribution in [1.82, 2.24) is 10.6 Å². The predicted octanol–water partition coefficient (Wildman–Crippen LogP) is 1.63. The van der Waals surface area contributed by atoms with Gasteiger partial charge in [-0.2, -0.15) is 0 Å². The van der Waals surface area contributed by atoms with Crippen molar-refractivity contribution in [2.45, 2.75) is 29.5 Å². The molecule has 114 valence electrons. The van der Waals surface area contributed by atoms with Crippen LogP contribution in [0.1, 0.15) is 23.7 Å². The van der Waals surface area contributed by atoms with Gasteiger partial charge in [0, 0.05) is 23.0 Å². The molecule has 3 rings (SSSR count). The second-order valence-electron chi connectivity index (χ2n) is 5.12. The molecule has 0 aromatic heterocycles. The highest BCUT2D eigenvalue weighted by Crippen LogP contribution is 2.35. The molecule has 5 nitrogen and oxygen atoms in total. The van der Waals surface area contributed by atoms with E-state index in [4.69, 9.17) is 0 Å². The number of amides is 2. The fraction of sp³-hybridized carbons (Fsp3) is 0.429. The summed E-state index contributed by atoms with van der Waals surface area (Å²) in [5.74, 6) is -0.0978. The van der Waals surface area contributed by atoms with Gasteiger partial charge in [-0.1, -0.05) is 0 Å². The van der Waals surface area contributed by atoms with E-state index in [-0.39, 0.29) is 35.5 Å².